The molecule has 4 nitrogen and oxygen atoms in total. The molecule has 0 fully saturated rings. The number of nitriles is 1. The third-order valence-corrected chi connectivity index (χ3v) is 2.77. The zero-order chi connectivity index (χ0) is 14.0. The van der Waals surface area contributed by atoms with Crippen molar-refractivity contribution in [1.29, 1.82) is 5.26 Å². The molecule has 0 N–H and O–H groups in total. The molecule has 0 aliphatic heterocycles. The van der Waals surface area contributed by atoms with E-state index in [-0.39, 0.29) is 22.1 Å². The van der Waals surface area contributed by atoms with Gasteiger partial charge in [0.25, 0.3) is 0 Å². The summed E-state index contributed by atoms with van der Waals surface area (Å²) in [5.41, 5.74) is 0.420. The first-order valence-electron chi connectivity index (χ1n) is 5.44. The molecule has 0 spiro atoms. The van der Waals surface area contributed by atoms with Crippen molar-refractivity contribution in [3.05, 3.63) is 40.8 Å². The lowest BCUT2D eigenvalue weighted by molar-refractivity contribution is 0.630. The number of aromatic nitrogens is 2. The van der Waals surface area contributed by atoms with E-state index in [2.05, 4.69) is 9.97 Å². The molecule has 19 heavy (non-hydrogen) atoms. The second-order valence-corrected chi connectivity index (χ2v) is 4.38. The SMILES string of the molecule is CN(C)c1nc(-c2ccccc2F)nc(Cl)c1C#N. The number of rotatable bonds is 2. The molecule has 0 radical (unpaired) electrons. The Bertz CT molecular complexity index is 664. The van der Waals surface area contributed by atoms with Gasteiger partial charge in [-0.3, -0.25) is 0 Å². The van der Waals surface area contributed by atoms with Gasteiger partial charge in [0.15, 0.2) is 16.8 Å². The second-order valence-electron chi connectivity index (χ2n) is 4.02. The van der Waals surface area contributed by atoms with Gasteiger partial charge in [0, 0.05) is 14.1 Å². The fourth-order valence-electron chi connectivity index (χ4n) is 1.61. The molecule has 0 unspecified atom stereocenters. The molecule has 0 saturated heterocycles. The normalized spacial score (nSPS) is 10.1. The number of halogens is 2. The van der Waals surface area contributed by atoms with Crippen LogP contribution in [0.15, 0.2) is 24.3 Å². The van der Waals surface area contributed by atoms with Crippen molar-refractivity contribution >= 4 is 17.4 Å². The Morgan fingerprint density at radius 3 is 2.53 bits per heavy atom. The summed E-state index contributed by atoms with van der Waals surface area (Å²) in [6, 6.07) is 8.09. The maximum Gasteiger partial charge on any atom is 0.166 e. The molecule has 0 bridgehead atoms. The van der Waals surface area contributed by atoms with E-state index < -0.39 is 5.82 Å². The van der Waals surface area contributed by atoms with Crippen LogP contribution in [0.5, 0.6) is 0 Å². The van der Waals surface area contributed by atoms with Crippen molar-refractivity contribution in [1.82, 2.24) is 9.97 Å². The molecule has 6 heteroatoms. The molecule has 1 heterocycles. The summed E-state index contributed by atoms with van der Waals surface area (Å²) < 4.78 is 13.7. The number of hydrogen-bond donors (Lipinski definition) is 0. The van der Waals surface area contributed by atoms with Crippen molar-refractivity contribution in [2.24, 2.45) is 0 Å². The summed E-state index contributed by atoms with van der Waals surface area (Å²) in [6.07, 6.45) is 0. The predicted molar refractivity (Wildman–Crippen MR) is 71.5 cm³/mol. The first-order chi connectivity index (χ1) is 9.04. The zero-order valence-corrected chi connectivity index (χ0v) is 11.1. The lowest BCUT2D eigenvalue weighted by atomic mass is 10.2. The topological polar surface area (TPSA) is 52.8 Å². The lowest BCUT2D eigenvalue weighted by Gasteiger charge is -2.14. The van der Waals surface area contributed by atoms with E-state index in [9.17, 15) is 4.39 Å². The van der Waals surface area contributed by atoms with Crippen molar-refractivity contribution in [3.63, 3.8) is 0 Å². The lowest BCUT2D eigenvalue weighted by Crippen LogP contribution is -2.14. The Morgan fingerprint density at radius 1 is 1.26 bits per heavy atom. The zero-order valence-electron chi connectivity index (χ0n) is 10.4. The monoisotopic (exact) mass is 276 g/mol. The summed E-state index contributed by atoms with van der Waals surface area (Å²) in [5.74, 6) is 0.0829. The summed E-state index contributed by atoms with van der Waals surface area (Å²) in [4.78, 5) is 9.82. The Hall–Kier alpha value is -2.19. The van der Waals surface area contributed by atoms with Gasteiger partial charge in [-0.1, -0.05) is 23.7 Å². The summed E-state index contributed by atoms with van der Waals surface area (Å²) in [5, 5.41) is 9.06. The molecule has 0 atom stereocenters. The Kier molecular flexibility index (Phi) is 3.63. The van der Waals surface area contributed by atoms with Crippen LogP contribution in [-0.4, -0.2) is 24.1 Å². The van der Waals surface area contributed by atoms with Crippen LogP contribution >= 0.6 is 11.6 Å². The summed E-state index contributed by atoms with van der Waals surface area (Å²) in [7, 11) is 3.45. The van der Waals surface area contributed by atoms with Crippen LogP contribution in [0.4, 0.5) is 10.2 Å². The second kappa shape index (κ2) is 5.21. The minimum atomic E-state index is -0.437. The highest BCUT2D eigenvalue weighted by molar-refractivity contribution is 6.31. The van der Waals surface area contributed by atoms with Gasteiger partial charge in [-0.2, -0.15) is 5.26 Å². The molecule has 2 rings (SSSR count). The smallest absolute Gasteiger partial charge is 0.166 e. The van der Waals surface area contributed by atoms with Crippen LogP contribution in [0, 0.1) is 17.1 Å². The van der Waals surface area contributed by atoms with E-state index >= 15 is 0 Å². The van der Waals surface area contributed by atoms with E-state index in [1.54, 1.807) is 37.2 Å². The molecule has 1 aromatic heterocycles. The van der Waals surface area contributed by atoms with E-state index in [0.717, 1.165) is 0 Å². The fourth-order valence-corrected chi connectivity index (χ4v) is 1.81. The molecule has 2 aromatic rings. The standard InChI is InChI=1S/C13H10ClFN4/c1-19(2)13-9(7-16)11(14)17-12(18-13)8-5-3-4-6-10(8)15/h3-6H,1-2H3. The molecule has 0 aliphatic rings. The first-order valence-corrected chi connectivity index (χ1v) is 5.82. The van der Waals surface area contributed by atoms with Crippen molar-refractivity contribution in [2.75, 3.05) is 19.0 Å². The summed E-state index contributed by atoms with van der Waals surface area (Å²) in [6.45, 7) is 0. The maximum atomic E-state index is 13.7. The molecule has 1 aromatic carbocycles. The van der Waals surface area contributed by atoms with Gasteiger partial charge >= 0.3 is 0 Å². The molecule has 0 aliphatic carbocycles. The van der Waals surface area contributed by atoms with Gasteiger partial charge in [-0.25, -0.2) is 14.4 Å². The highest BCUT2D eigenvalue weighted by Gasteiger charge is 2.17. The van der Waals surface area contributed by atoms with Crippen LogP contribution < -0.4 is 4.90 Å². The molecular formula is C13H10ClFN4. The van der Waals surface area contributed by atoms with Crippen LogP contribution in [0.1, 0.15) is 5.56 Å². The van der Waals surface area contributed by atoms with E-state index in [0.29, 0.717) is 5.82 Å². The van der Waals surface area contributed by atoms with E-state index in [4.69, 9.17) is 16.9 Å². The van der Waals surface area contributed by atoms with Crippen molar-refractivity contribution < 1.29 is 4.39 Å². The quantitative estimate of drug-likeness (QED) is 0.792. The Labute approximate surface area is 115 Å². The van der Waals surface area contributed by atoms with Gasteiger partial charge in [-0.05, 0) is 12.1 Å². The highest BCUT2D eigenvalue weighted by atomic mass is 35.5. The average Bonchev–Trinajstić information content (AvgIpc) is 2.38. The van der Waals surface area contributed by atoms with Gasteiger partial charge in [0.05, 0.1) is 5.56 Å². The third kappa shape index (κ3) is 2.49. The van der Waals surface area contributed by atoms with Crippen LogP contribution in [-0.2, 0) is 0 Å². The van der Waals surface area contributed by atoms with Crippen molar-refractivity contribution in [3.8, 4) is 17.5 Å². The number of nitrogens with zero attached hydrogens (tertiary/aromatic N) is 4. The Morgan fingerprint density at radius 2 is 1.95 bits per heavy atom. The number of benzene rings is 1. The van der Waals surface area contributed by atoms with E-state index in [1.807, 2.05) is 6.07 Å². The van der Waals surface area contributed by atoms with Crippen LogP contribution in [0.3, 0.4) is 0 Å². The maximum absolute atomic E-state index is 13.7. The minimum Gasteiger partial charge on any atom is -0.361 e. The Balaban J connectivity index is 2.68. The van der Waals surface area contributed by atoms with Gasteiger partial charge in [0.2, 0.25) is 0 Å². The summed E-state index contributed by atoms with van der Waals surface area (Å²) >= 11 is 5.96. The highest BCUT2D eigenvalue weighted by Crippen LogP contribution is 2.27. The van der Waals surface area contributed by atoms with E-state index in [1.165, 1.54) is 6.07 Å². The third-order valence-electron chi connectivity index (χ3n) is 2.50. The van der Waals surface area contributed by atoms with Gasteiger partial charge in [-0.15, -0.1) is 0 Å². The number of hydrogen-bond acceptors (Lipinski definition) is 4. The molecule has 0 saturated carbocycles. The average molecular weight is 277 g/mol. The van der Waals surface area contributed by atoms with Crippen LogP contribution in [0.2, 0.25) is 5.15 Å². The first kappa shape index (κ1) is 13.2. The number of anilines is 1. The molecule has 96 valence electrons. The molecular weight excluding hydrogens is 267 g/mol. The largest absolute Gasteiger partial charge is 0.361 e. The van der Waals surface area contributed by atoms with Gasteiger partial charge in [0.1, 0.15) is 17.4 Å². The predicted octanol–water partition coefficient (Wildman–Crippen LogP) is 2.87. The minimum absolute atomic E-state index is 0.0134. The van der Waals surface area contributed by atoms with Crippen molar-refractivity contribution in [2.45, 2.75) is 0 Å². The van der Waals surface area contributed by atoms with Crippen LogP contribution in [0.25, 0.3) is 11.4 Å². The molecule has 0 amide bonds. The fraction of sp³-hybridized carbons (Fsp3) is 0.154. The van der Waals surface area contributed by atoms with Gasteiger partial charge < -0.3 is 4.90 Å².